The highest BCUT2D eigenvalue weighted by Crippen LogP contribution is 1.90. The van der Waals surface area contributed by atoms with Crippen LogP contribution in [0.5, 0.6) is 0 Å². The Kier molecular flexibility index (Phi) is 9.05. The molecule has 0 aliphatic rings. The van der Waals surface area contributed by atoms with E-state index >= 15 is 0 Å². The molecule has 1 atom stereocenters. The summed E-state index contributed by atoms with van der Waals surface area (Å²) in [6.07, 6.45) is 2.98. The normalized spacial score (nSPS) is 13.0. The fourth-order valence-corrected chi connectivity index (χ4v) is 0.680. The maximum absolute atomic E-state index is 10.8. The topological polar surface area (TPSA) is 65.0 Å². The van der Waals surface area contributed by atoms with E-state index in [9.17, 15) is 4.79 Å². The van der Waals surface area contributed by atoms with Crippen LogP contribution in [0.3, 0.4) is 0 Å². The number of ether oxygens (including phenoxy) is 1. The third-order valence-electron chi connectivity index (χ3n) is 1.31. The highest BCUT2D eigenvalue weighted by Gasteiger charge is 1.97. The van der Waals surface area contributed by atoms with Gasteiger partial charge in [-0.1, -0.05) is 6.08 Å². The van der Waals surface area contributed by atoms with Gasteiger partial charge in [-0.05, 0) is 13.8 Å². The maximum Gasteiger partial charge on any atom is 0.330 e. The van der Waals surface area contributed by atoms with Crippen LogP contribution in [0, 0.1) is 0 Å². The third kappa shape index (κ3) is 11.0. The molecule has 0 aromatic carbocycles. The summed E-state index contributed by atoms with van der Waals surface area (Å²) in [6.45, 7) is 4.10. The van der Waals surface area contributed by atoms with Crippen molar-refractivity contribution >= 4 is 5.97 Å². The van der Waals surface area contributed by atoms with E-state index in [1.54, 1.807) is 19.9 Å². The summed E-state index contributed by atoms with van der Waals surface area (Å²) in [4.78, 5) is 20.2. The van der Waals surface area contributed by atoms with Gasteiger partial charge in [-0.15, -0.1) is 0 Å². The monoisotopic (exact) mass is 218 g/mol. The van der Waals surface area contributed by atoms with Crippen LogP contribution in [0.15, 0.2) is 12.2 Å². The summed E-state index contributed by atoms with van der Waals surface area (Å²) in [5, 5.41) is 8.80. The zero-order valence-corrected chi connectivity index (χ0v) is 9.14. The van der Waals surface area contributed by atoms with Crippen LogP contribution in [-0.2, 0) is 19.3 Å². The minimum absolute atomic E-state index is 0.137. The molecular formula is C10H18O5. The Bertz CT molecular complexity index is 188. The second kappa shape index (κ2) is 9.64. The van der Waals surface area contributed by atoms with E-state index in [0.29, 0.717) is 19.6 Å². The smallest absolute Gasteiger partial charge is 0.330 e. The van der Waals surface area contributed by atoms with Gasteiger partial charge in [-0.3, -0.25) is 0 Å². The van der Waals surface area contributed by atoms with Gasteiger partial charge < -0.3 is 9.84 Å². The summed E-state index contributed by atoms with van der Waals surface area (Å²) >= 11 is 0. The van der Waals surface area contributed by atoms with Crippen LogP contribution in [0.25, 0.3) is 0 Å². The first kappa shape index (κ1) is 14.1. The van der Waals surface area contributed by atoms with E-state index in [4.69, 9.17) is 14.7 Å². The Labute approximate surface area is 89.6 Å². The lowest BCUT2D eigenvalue weighted by Crippen LogP contribution is -2.12. The molecule has 0 aromatic heterocycles. The van der Waals surface area contributed by atoms with Crippen molar-refractivity contribution in [1.29, 1.82) is 0 Å². The van der Waals surface area contributed by atoms with E-state index in [1.165, 1.54) is 6.08 Å². The van der Waals surface area contributed by atoms with Crippen molar-refractivity contribution in [3.05, 3.63) is 12.2 Å². The molecular weight excluding hydrogens is 200 g/mol. The molecule has 0 saturated heterocycles. The Balaban J connectivity index is 3.15. The first-order valence-corrected chi connectivity index (χ1v) is 4.88. The quantitative estimate of drug-likeness (QED) is 0.215. The van der Waals surface area contributed by atoms with Crippen molar-refractivity contribution < 1.29 is 24.4 Å². The fraction of sp³-hybridized carbons (Fsp3) is 0.700. The average molecular weight is 218 g/mol. The van der Waals surface area contributed by atoms with Gasteiger partial charge in [-0.2, -0.15) is 0 Å². The van der Waals surface area contributed by atoms with E-state index in [0.717, 1.165) is 0 Å². The highest BCUT2D eigenvalue weighted by molar-refractivity contribution is 5.81. The maximum atomic E-state index is 10.8. The number of allylic oxidation sites excluding steroid dienone is 1. The molecule has 0 radical (unpaired) electrons. The standard InChI is InChI=1S/C10H18O5/c1-3-5-10(12)13-6-4-7-14-15-8-9(2)11/h3,5,9,11H,4,6-8H2,1-2H3. The van der Waals surface area contributed by atoms with Crippen molar-refractivity contribution in [3.63, 3.8) is 0 Å². The lowest BCUT2D eigenvalue weighted by molar-refractivity contribution is -0.304. The summed E-state index contributed by atoms with van der Waals surface area (Å²) in [7, 11) is 0. The van der Waals surface area contributed by atoms with Crippen LogP contribution >= 0.6 is 0 Å². The van der Waals surface area contributed by atoms with Crippen molar-refractivity contribution in [3.8, 4) is 0 Å². The zero-order valence-electron chi connectivity index (χ0n) is 9.14. The fourth-order valence-electron chi connectivity index (χ4n) is 0.680. The number of carbonyl (C=O) groups is 1. The Morgan fingerprint density at radius 3 is 2.73 bits per heavy atom. The van der Waals surface area contributed by atoms with Gasteiger partial charge in [0.25, 0.3) is 0 Å². The predicted octanol–water partition coefficient (Wildman–Crippen LogP) is 0.825. The Morgan fingerprint density at radius 2 is 2.13 bits per heavy atom. The first-order valence-electron chi connectivity index (χ1n) is 4.88. The molecule has 5 nitrogen and oxygen atoms in total. The molecule has 0 heterocycles. The molecule has 15 heavy (non-hydrogen) atoms. The second-order valence-corrected chi connectivity index (χ2v) is 2.98. The summed E-state index contributed by atoms with van der Waals surface area (Å²) in [5.41, 5.74) is 0. The molecule has 5 heteroatoms. The molecule has 88 valence electrons. The van der Waals surface area contributed by atoms with E-state index in [2.05, 4.69) is 4.89 Å². The number of aliphatic hydroxyl groups is 1. The summed E-state index contributed by atoms with van der Waals surface area (Å²) in [5.74, 6) is -0.359. The molecule has 0 aromatic rings. The summed E-state index contributed by atoms with van der Waals surface area (Å²) in [6, 6.07) is 0. The van der Waals surface area contributed by atoms with E-state index in [1.807, 2.05) is 0 Å². The van der Waals surface area contributed by atoms with Gasteiger partial charge in [0.15, 0.2) is 0 Å². The lowest BCUT2D eigenvalue weighted by Gasteiger charge is -2.05. The predicted molar refractivity (Wildman–Crippen MR) is 54.0 cm³/mol. The molecule has 0 fully saturated rings. The molecule has 1 N–H and O–H groups in total. The average Bonchev–Trinajstić information content (AvgIpc) is 2.16. The second-order valence-electron chi connectivity index (χ2n) is 2.98. The summed E-state index contributed by atoms with van der Waals surface area (Å²) < 4.78 is 4.80. The lowest BCUT2D eigenvalue weighted by atomic mass is 10.5. The molecule has 0 spiro atoms. The third-order valence-corrected chi connectivity index (χ3v) is 1.31. The van der Waals surface area contributed by atoms with Crippen LogP contribution in [-0.4, -0.2) is 37.0 Å². The van der Waals surface area contributed by atoms with Crippen LogP contribution in [0.4, 0.5) is 0 Å². The molecule has 0 aliphatic carbocycles. The van der Waals surface area contributed by atoms with Crippen LogP contribution in [0.2, 0.25) is 0 Å². The number of rotatable bonds is 8. The minimum Gasteiger partial charge on any atom is -0.462 e. The molecule has 0 rings (SSSR count). The molecule has 0 bridgehead atoms. The number of aliphatic hydroxyl groups excluding tert-OH is 1. The molecule has 1 unspecified atom stereocenters. The van der Waals surface area contributed by atoms with Gasteiger partial charge in [0.1, 0.15) is 6.61 Å². The van der Waals surface area contributed by atoms with Crippen LogP contribution in [0.1, 0.15) is 20.3 Å². The zero-order chi connectivity index (χ0) is 11.5. The molecule has 0 amide bonds. The minimum atomic E-state index is -0.544. The highest BCUT2D eigenvalue weighted by atomic mass is 17.2. The Hall–Kier alpha value is -0.910. The van der Waals surface area contributed by atoms with E-state index < -0.39 is 6.10 Å². The van der Waals surface area contributed by atoms with Crippen LogP contribution < -0.4 is 0 Å². The number of hydrogen-bond acceptors (Lipinski definition) is 5. The van der Waals surface area contributed by atoms with Gasteiger partial charge in [-0.25, -0.2) is 14.6 Å². The molecule has 0 aliphatic heterocycles. The van der Waals surface area contributed by atoms with Gasteiger partial charge in [0, 0.05) is 12.5 Å². The van der Waals surface area contributed by atoms with Gasteiger partial charge in [0.2, 0.25) is 0 Å². The number of carbonyl (C=O) groups excluding carboxylic acids is 1. The van der Waals surface area contributed by atoms with Crippen molar-refractivity contribution in [2.75, 3.05) is 19.8 Å². The van der Waals surface area contributed by atoms with E-state index in [-0.39, 0.29) is 12.6 Å². The van der Waals surface area contributed by atoms with Crippen molar-refractivity contribution in [2.45, 2.75) is 26.4 Å². The van der Waals surface area contributed by atoms with Crippen molar-refractivity contribution in [2.24, 2.45) is 0 Å². The van der Waals surface area contributed by atoms with Gasteiger partial charge >= 0.3 is 5.97 Å². The number of esters is 1. The van der Waals surface area contributed by atoms with Crippen molar-refractivity contribution in [1.82, 2.24) is 0 Å². The Morgan fingerprint density at radius 1 is 1.40 bits per heavy atom. The SMILES string of the molecule is CC=CC(=O)OCCCOOCC(C)O. The largest absolute Gasteiger partial charge is 0.462 e. The number of hydrogen-bond donors (Lipinski definition) is 1. The first-order chi connectivity index (χ1) is 7.16. The molecule has 0 saturated carbocycles. The van der Waals surface area contributed by atoms with Gasteiger partial charge in [0.05, 0.1) is 19.3 Å².